The summed E-state index contributed by atoms with van der Waals surface area (Å²) in [6.45, 7) is 6.64. The maximum absolute atomic E-state index is 12.7. The third-order valence-corrected chi connectivity index (χ3v) is 5.88. The fraction of sp³-hybridized carbons (Fsp3) is 0.500. The van der Waals surface area contributed by atoms with Gasteiger partial charge in [0.1, 0.15) is 11.5 Å². The summed E-state index contributed by atoms with van der Waals surface area (Å²) in [5.74, 6) is 0.790. The predicted octanol–water partition coefficient (Wildman–Crippen LogP) is 1.57. The third-order valence-electron chi connectivity index (χ3n) is 5.88. The zero-order chi connectivity index (χ0) is 19.7. The molecule has 8 nitrogen and oxygen atoms in total. The minimum absolute atomic E-state index is 0.0817. The summed E-state index contributed by atoms with van der Waals surface area (Å²) in [5.41, 5.74) is 1.20. The minimum atomic E-state index is -0.470. The summed E-state index contributed by atoms with van der Waals surface area (Å²) in [6.07, 6.45) is 5.29. The van der Waals surface area contributed by atoms with Crippen molar-refractivity contribution in [3.05, 3.63) is 41.9 Å². The summed E-state index contributed by atoms with van der Waals surface area (Å²) < 4.78 is 1.85. The number of anilines is 1. The molecule has 1 N–H and O–H groups in total. The monoisotopic (exact) mass is 382 g/mol. The smallest absolute Gasteiger partial charge is 0.256 e. The summed E-state index contributed by atoms with van der Waals surface area (Å²) >= 11 is 0. The van der Waals surface area contributed by atoms with Crippen LogP contribution < -0.4 is 10.2 Å². The van der Waals surface area contributed by atoms with Gasteiger partial charge in [-0.1, -0.05) is 0 Å². The van der Waals surface area contributed by atoms with E-state index in [0.717, 1.165) is 18.1 Å². The number of nitrogens with zero attached hydrogens (tertiary/aromatic N) is 5. The Kier molecular flexibility index (Phi) is 4.78. The second-order valence-corrected chi connectivity index (χ2v) is 7.43. The molecule has 2 aromatic rings. The molecule has 148 valence electrons. The van der Waals surface area contributed by atoms with Crippen molar-refractivity contribution in [1.82, 2.24) is 25.0 Å². The number of aromatic nitrogens is 3. The molecule has 2 aliphatic heterocycles. The van der Waals surface area contributed by atoms with Crippen molar-refractivity contribution in [1.29, 1.82) is 0 Å². The molecule has 0 saturated carbocycles. The predicted molar refractivity (Wildman–Crippen MR) is 105 cm³/mol. The second kappa shape index (κ2) is 7.26. The Bertz CT molecular complexity index is 884. The van der Waals surface area contributed by atoms with Crippen LogP contribution >= 0.6 is 0 Å². The molecule has 1 fully saturated rings. The second-order valence-electron chi connectivity index (χ2n) is 7.43. The zero-order valence-corrected chi connectivity index (χ0v) is 16.4. The number of rotatable bonds is 4. The lowest BCUT2D eigenvalue weighted by atomic mass is 9.91. The van der Waals surface area contributed by atoms with Gasteiger partial charge < -0.3 is 15.1 Å². The van der Waals surface area contributed by atoms with Crippen molar-refractivity contribution in [2.45, 2.75) is 45.3 Å². The van der Waals surface area contributed by atoms with Gasteiger partial charge in [-0.2, -0.15) is 5.10 Å². The number of pyridine rings is 1. The van der Waals surface area contributed by atoms with Crippen LogP contribution in [0.25, 0.3) is 0 Å². The van der Waals surface area contributed by atoms with E-state index in [1.54, 1.807) is 18.5 Å². The quantitative estimate of drug-likeness (QED) is 0.868. The van der Waals surface area contributed by atoms with Crippen LogP contribution in [0.2, 0.25) is 0 Å². The van der Waals surface area contributed by atoms with Crippen LogP contribution in [-0.4, -0.2) is 56.8 Å². The number of carbonyl (C=O) groups excluding carboxylic acids is 2. The standard InChI is InChI=1S/C20H26N6O2/c1-3-25-18-16(5-4-10-21-18)19(28)23-20(25)8-13-24(14-9-20)17(27)7-12-26-15(2)6-11-22-26/h4-6,10-11H,3,7-9,12-14H2,1-2H3,(H,23,28). The van der Waals surface area contributed by atoms with Crippen LogP contribution in [-0.2, 0) is 11.3 Å². The molecule has 0 atom stereocenters. The summed E-state index contributed by atoms with van der Waals surface area (Å²) in [5, 5.41) is 7.44. The van der Waals surface area contributed by atoms with E-state index in [4.69, 9.17) is 0 Å². The van der Waals surface area contributed by atoms with Gasteiger partial charge in [0.05, 0.1) is 5.56 Å². The Labute approximate surface area is 164 Å². The first-order valence-electron chi connectivity index (χ1n) is 9.85. The maximum atomic E-state index is 12.7. The normalized spacial score (nSPS) is 18.1. The number of piperidine rings is 1. The lowest BCUT2D eigenvalue weighted by Crippen LogP contribution is -2.68. The van der Waals surface area contributed by atoms with Crippen molar-refractivity contribution < 1.29 is 9.59 Å². The van der Waals surface area contributed by atoms with Gasteiger partial charge in [0.25, 0.3) is 5.91 Å². The molecular weight excluding hydrogens is 356 g/mol. The minimum Gasteiger partial charge on any atom is -0.342 e. The van der Waals surface area contributed by atoms with Crippen molar-refractivity contribution in [2.75, 3.05) is 24.5 Å². The molecule has 4 rings (SSSR count). The van der Waals surface area contributed by atoms with Crippen LogP contribution in [0.3, 0.4) is 0 Å². The molecule has 8 heteroatoms. The number of hydrogen-bond acceptors (Lipinski definition) is 5. The van der Waals surface area contributed by atoms with Crippen LogP contribution in [0.15, 0.2) is 30.6 Å². The largest absolute Gasteiger partial charge is 0.342 e. The lowest BCUT2D eigenvalue weighted by molar-refractivity contribution is -0.133. The Morgan fingerprint density at radius 2 is 2.04 bits per heavy atom. The molecule has 2 aromatic heterocycles. The molecule has 1 saturated heterocycles. The lowest BCUT2D eigenvalue weighted by Gasteiger charge is -2.51. The highest BCUT2D eigenvalue weighted by Crippen LogP contribution is 2.35. The van der Waals surface area contributed by atoms with E-state index in [0.29, 0.717) is 44.5 Å². The topological polar surface area (TPSA) is 83.4 Å². The first-order chi connectivity index (χ1) is 13.5. The highest BCUT2D eigenvalue weighted by molar-refractivity contribution is 6.01. The molecule has 0 unspecified atom stereocenters. The molecule has 0 radical (unpaired) electrons. The van der Waals surface area contributed by atoms with E-state index in [9.17, 15) is 9.59 Å². The third kappa shape index (κ3) is 3.12. The van der Waals surface area contributed by atoms with Crippen LogP contribution in [0.5, 0.6) is 0 Å². The summed E-state index contributed by atoms with van der Waals surface area (Å²) in [6, 6.07) is 5.53. The van der Waals surface area contributed by atoms with Gasteiger partial charge in [0.2, 0.25) is 5.91 Å². The van der Waals surface area contributed by atoms with Gasteiger partial charge in [-0.05, 0) is 32.0 Å². The van der Waals surface area contributed by atoms with Gasteiger partial charge in [0.15, 0.2) is 0 Å². The highest BCUT2D eigenvalue weighted by atomic mass is 16.2. The fourth-order valence-electron chi connectivity index (χ4n) is 4.30. The van der Waals surface area contributed by atoms with Gasteiger partial charge in [-0.15, -0.1) is 0 Å². The van der Waals surface area contributed by atoms with E-state index in [1.165, 1.54) is 0 Å². The van der Waals surface area contributed by atoms with Gasteiger partial charge >= 0.3 is 0 Å². The van der Waals surface area contributed by atoms with E-state index < -0.39 is 5.66 Å². The molecule has 0 aliphatic carbocycles. The molecule has 4 heterocycles. The molecule has 0 aromatic carbocycles. The number of carbonyl (C=O) groups is 2. The maximum Gasteiger partial charge on any atom is 0.256 e. The van der Waals surface area contributed by atoms with Crippen LogP contribution in [0.1, 0.15) is 42.2 Å². The molecule has 2 aliphatic rings. The van der Waals surface area contributed by atoms with Crippen molar-refractivity contribution in [3.8, 4) is 0 Å². The molecule has 2 amide bonds. The number of aryl methyl sites for hydroxylation is 2. The van der Waals surface area contributed by atoms with Gasteiger partial charge in [-0.25, -0.2) is 4.98 Å². The van der Waals surface area contributed by atoms with E-state index >= 15 is 0 Å². The SMILES string of the molecule is CCN1c2ncccc2C(=O)NC12CCN(C(=O)CCn1nccc1C)CC2. The molecule has 1 spiro atoms. The number of likely N-dealkylation sites (tertiary alicyclic amines) is 1. The van der Waals surface area contributed by atoms with E-state index in [1.807, 2.05) is 28.6 Å². The molecule has 28 heavy (non-hydrogen) atoms. The van der Waals surface area contributed by atoms with Crippen LogP contribution in [0, 0.1) is 6.92 Å². The molecule has 0 bridgehead atoms. The number of amides is 2. The number of nitrogens with one attached hydrogen (secondary N) is 1. The summed E-state index contributed by atoms with van der Waals surface area (Å²) in [4.78, 5) is 33.8. The van der Waals surface area contributed by atoms with Gasteiger partial charge in [0, 0.05) is 63.5 Å². The first kappa shape index (κ1) is 18.5. The summed E-state index contributed by atoms with van der Waals surface area (Å²) in [7, 11) is 0. The average Bonchev–Trinajstić information content (AvgIpc) is 3.12. The van der Waals surface area contributed by atoms with Crippen molar-refractivity contribution >= 4 is 17.6 Å². The van der Waals surface area contributed by atoms with E-state index in [2.05, 4.69) is 27.2 Å². The first-order valence-corrected chi connectivity index (χ1v) is 9.85. The molecular formula is C20H26N6O2. The number of fused-ring (bicyclic) bond motifs is 1. The van der Waals surface area contributed by atoms with Gasteiger partial charge in [-0.3, -0.25) is 14.3 Å². The highest BCUT2D eigenvalue weighted by Gasteiger charge is 2.46. The fourth-order valence-corrected chi connectivity index (χ4v) is 4.30. The Morgan fingerprint density at radius 1 is 1.25 bits per heavy atom. The van der Waals surface area contributed by atoms with E-state index in [-0.39, 0.29) is 11.8 Å². The number of hydrogen-bond donors (Lipinski definition) is 1. The van der Waals surface area contributed by atoms with Crippen LogP contribution in [0.4, 0.5) is 5.82 Å². The zero-order valence-electron chi connectivity index (χ0n) is 16.4. The Morgan fingerprint density at radius 3 is 2.71 bits per heavy atom. The van der Waals surface area contributed by atoms with Crippen molar-refractivity contribution in [2.24, 2.45) is 0 Å². The van der Waals surface area contributed by atoms with Crippen molar-refractivity contribution in [3.63, 3.8) is 0 Å². The average molecular weight is 382 g/mol. The Balaban J connectivity index is 1.43. The Hall–Kier alpha value is -2.90.